The first-order valence-electron chi connectivity index (χ1n) is 6.42. The third-order valence-corrected chi connectivity index (χ3v) is 4.52. The second kappa shape index (κ2) is 5.33. The molecule has 2 fully saturated rings. The minimum atomic E-state index is 0.630. The van der Waals surface area contributed by atoms with Crippen LogP contribution in [0.2, 0.25) is 0 Å². The van der Waals surface area contributed by atoms with Crippen molar-refractivity contribution in [1.29, 1.82) is 0 Å². The number of rotatable bonds is 2. The highest BCUT2D eigenvalue weighted by Crippen LogP contribution is 2.31. The van der Waals surface area contributed by atoms with Crippen molar-refractivity contribution in [1.82, 2.24) is 10.3 Å². The third-order valence-electron chi connectivity index (χ3n) is 3.52. The molecule has 0 aliphatic carbocycles. The maximum Gasteiger partial charge on any atom is 0.139 e. The fourth-order valence-electron chi connectivity index (χ4n) is 2.45. The molecule has 4 nitrogen and oxygen atoms in total. The van der Waals surface area contributed by atoms with Crippen molar-refractivity contribution < 1.29 is 4.74 Å². The molecule has 0 saturated carbocycles. The van der Waals surface area contributed by atoms with E-state index in [1.807, 2.05) is 11.3 Å². The van der Waals surface area contributed by atoms with E-state index in [1.165, 1.54) is 10.8 Å². The SMILES string of the molecule is c1sc(C2CCOCC2)nc1N1CCNCC1. The Balaban J connectivity index is 1.68. The predicted molar refractivity (Wildman–Crippen MR) is 70.0 cm³/mol. The van der Waals surface area contributed by atoms with Crippen molar-refractivity contribution in [2.24, 2.45) is 0 Å². The Kier molecular flexibility index (Phi) is 3.59. The van der Waals surface area contributed by atoms with Gasteiger partial charge in [0.15, 0.2) is 0 Å². The Morgan fingerprint density at radius 1 is 1.29 bits per heavy atom. The summed E-state index contributed by atoms with van der Waals surface area (Å²) in [6, 6.07) is 0. The maximum absolute atomic E-state index is 5.40. The van der Waals surface area contributed by atoms with E-state index in [9.17, 15) is 0 Å². The van der Waals surface area contributed by atoms with Gasteiger partial charge in [0, 0.05) is 50.7 Å². The van der Waals surface area contributed by atoms with Gasteiger partial charge in [0.1, 0.15) is 5.82 Å². The van der Waals surface area contributed by atoms with Crippen molar-refractivity contribution in [3.8, 4) is 0 Å². The van der Waals surface area contributed by atoms with Crippen LogP contribution in [0.15, 0.2) is 5.38 Å². The van der Waals surface area contributed by atoms with Crippen molar-refractivity contribution in [3.05, 3.63) is 10.4 Å². The van der Waals surface area contributed by atoms with Gasteiger partial charge in [-0.25, -0.2) is 4.98 Å². The van der Waals surface area contributed by atoms with E-state index in [0.717, 1.165) is 52.2 Å². The quantitative estimate of drug-likeness (QED) is 0.865. The number of aromatic nitrogens is 1. The van der Waals surface area contributed by atoms with Crippen molar-refractivity contribution in [2.75, 3.05) is 44.3 Å². The number of hydrogen-bond acceptors (Lipinski definition) is 5. The van der Waals surface area contributed by atoms with Crippen molar-refractivity contribution in [3.63, 3.8) is 0 Å². The van der Waals surface area contributed by atoms with E-state index in [0.29, 0.717) is 5.92 Å². The molecule has 1 N–H and O–H groups in total. The Morgan fingerprint density at radius 2 is 2.06 bits per heavy atom. The summed E-state index contributed by atoms with van der Waals surface area (Å²) in [6.45, 7) is 6.10. The van der Waals surface area contributed by atoms with Crippen LogP contribution in [0.4, 0.5) is 5.82 Å². The molecule has 0 unspecified atom stereocenters. The molecule has 94 valence electrons. The molecule has 0 atom stereocenters. The molecular weight excluding hydrogens is 234 g/mol. The largest absolute Gasteiger partial charge is 0.381 e. The lowest BCUT2D eigenvalue weighted by Crippen LogP contribution is -2.43. The van der Waals surface area contributed by atoms with Crippen molar-refractivity contribution >= 4 is 17.2 Å². The second-order valence-electron chi connectivity index (χ2n) is 4.67. The molecule has 0 radical (unpaired) electrons. The summed E-state index contributed by atoms with van der Waals surface area (Å²) >= 11 is 1.82. The zero-order valence-corrected chi connectivity index (χ0v) is 10.8. The number of nitrogens with zero attached hydrogens (tertiary/aromatic N) is 2. The first kappa shape index (κ1) is 11.4. The van der Waals surface area contributed by atoms with Gasteiger partial charge in [0.05, 0.1) is 5.01 Å². The summed E-state index contributed by atoms with van der Waals surface area (Å²) < 4.78 is 5.40. The molecule has 1 aromatic rings. The number of anilines is 1. The van der Waals surface area contributed by atoms with Crippen LogP contribution in [-0.2, 0) is 4.74 Å². The first-order chi connectivity index (χ1) is 8.43. The Hall–Kier alpha value is -0.650. The van der Waals surface area contributed by atoms with E-state index in [4.69, 9.17) is 9.72 Å². The molecule has 2 aliphatic rings. The summed E-state index contributed by atoms with van der Waals surface area (Å²) in [5, 5.41) is 6.90. The van der Waals surface area contributed by atoms with Crippen LogP contribution < -0.4 is 10.2 Å². The van der Waals surface area contributed by atoms with Gasteiger partial charge in [-0.3, -0.25) is 0 Å². The summed E-state index contributed by atoms with van der Waals surface area (Å²) in [7, 11) is 0. The standard InChI is InChI=1S/C12H19N3OS/c1-7-16-8-2-10(1)12-14-11(9-17-12)15-5-3-13-4-6-15/h9-10,13H,1-8H2. The van der Waals surface area contributed by atoms with Gasteiger partial charge in [-0.2, -0.15) is 0 Å². The predicted octanol–water partition coefficient (Wildman–Crippen LogP) is 1.45. The highest BCUT2D eigenvalue weighted by atomic mass is 32.1. The average molecular weight is 253 g/mol. The van der Waals surface area contributed by atoms with Crippen molar-refractivity contribution in [2.45, 2.75) is 18.8 Å². The van der Waals surface area contributed by atoms with Crippen LogP contribution in [0.25, 0.3) is 0 Å². The number of nitrogens with one attached hydrogen (secondary N) is 1. The lowest BCUT2D eigenvalue weighted by molar-refractivity contribution is 0.0853. The Labute approximate surface area is 106 Å². The molecule has 2 saturated heterocycles. The zero-order chi connectivity index (χ0) is 11.5. The van der Waals surface area contributed by atoms with Crippen LogP contribution in [0.5, 0.6) is 0 Å². The molecule has 1 aromatic heterocycles. The average Bonchev–Trinajstić information content (AvgIpc) is 2.90. The van der Waals surface area contributed by atoms with Crippen LogP contribution in [0.1, 0.15) is 23.8 Å². The van der Waals surface area contributed by atoms with Gasteiger partial charge in [-0.15, -0.1) is 11.3 Å². The maximum atomic E-state index is 5.40. The summed E-state index contributed by atoms with van der Waals surface area (Å²) in [4.78, 5) is 7.20. The van der Waals surface area contributed by atoms with Gasteiger partial charge in [-0.05, 0) is 12.8 Å². The second-order valence-corrected chi connectivity index (χ2v) is 5.56. The summed E-state index contributed by atoms with van der Waals surface area (Å²) in [5.41, 5.74) is 0. The lowest BCUT2D eigenvalue weighted by Gasteiger charge is -2.27. The van der Waals surface area contributed by atoms with Gasteiger partial charge in [-0.1, -0.05) is 0 Å². The number of ether oxygens (including phenoxy) is 1. The number of hydrogen-bond donors (Lipinski definition) is 1. The molecular formula is C12H19N3OS. The van der Waals surface area contributed by atoms with Gasteiger partial charge >= 0.3 is 0 Å². The molecule has 2 aliphatic heterocycles. The lowest BCUT2D eigenvalue weighted by atomic mass is 10.0. The zero-order valence-electron chi connectivity index (χ0n) is 10.0. The Bertz CT molecular complexity index is 324. The van der Waals surface area contributed by atoms with E-state index >= 15 is 0 Å². The Morgan fingerprint density at radius 3 is 2.82 bits per heavy atom. The first-order valence-corrected chi connectivity index (χ1v) is 7.30. The molecule has 0 spiro atoms. The molecule has 3 rings (SSSR count). The van der Waals surface area contributed by atoms with Crippen LogP contribution in [-0.4, -0.2) is 44.4 Å². The van der Waals surface area contributed by atoms with Crippen LogP contribution in [0.3, 0.4) is 0 Å². The molecule has 5 heteroatoms. The van der Waals surface area contributed by atoms with Crippen LogP contribution in [0, 0.1) is 0 Å². The monoisotopic (exact) mass is 253 g/mol. The molecule has 0 amide bonds. The van der Waals surface area contributed by atoms with Gasteiger partial charge < -0.3 is 15.0 Å². The third kappa shape index (κ3) is 2.61. The summed E-state index contributed by atoms with van der Waals surface area (Å²) in [6.07, 6.45) is 2.27. The molecule has 0 aromatic carbocycles. The number of thiazole rings is 1. The fraction of sp³-hybridized carbons (Fsp3) is 0.750. The van der Waals surface area contributed by atoms with Crippen LogP contribution >= 0.6 is 11.3 Å². The smallest absolute Gasteiger partial charge is 0.139 e. The fourth-order valence-corrected chi connectivity index (χ4v) is 3.45. The van der Waals surface area contributed by atoms with Gasteiger partial charge in [0.2, 0.25) is 0 Å². The minimum Gasteiger partial charge on any atom is -0.381 e. The minimum absolute atomic E-state index is 0.630. The van der Waals surface area contributed by atoms with E-state index in [2.05, 4.69) is 15.6 Å². The summed E-state index contributed by atoms with van der Waals surface area (Å²) in [5.74, 6) is 1.81. The normalized spacial score (nSPS) is 22.9. The number of piperazine rings is 1. The molecule has 0 bridgehead atoms. The highest BCUT2D eigenvalue weighted by molar-refractivity contribution is 7.10. The van der Waals surface area contributed by atoms with E-state index in [-0.39, 0.29) is 0 Å². The highest BCUT2D eigenvalue weighted by Gasteiger charge is 2.21. The molecule has 3 heterocycles. The van der Waals surface area contributed by atoms with Gasteiger partial charge in [0.25, 0.3) is 0 Å². The molecule has 17 heavy (non-hydrogen) atoms. The topological polar surface area (TPSA) is 37.4 Å². The van der Waals surface area contributed by atoms with E-state index in [1.54, 1.807) is 0 Å². The van der Waals surface area contributed by atoms with E-state index < -0.39 is 0 Å².